The van der Waals surface area contributed by atoms with Crippen molar-refractivity contribution in [1.29, 1.82) is 0 Å². The van der Waals surface area contributed by atoms with E-state index in [9.17, 15) is 9.90 Å². The summed E-state index contributed by atoms with van der Waals surface area (Å²) in [5, 5.41) is 9.18. The Labute approximate surface area is 106 Å². The van der Waals surface area contributed by atoms with Crippen molar-refractivity contribution in [2.45, 2.75) is 20.3 Å². The third-order valence-electron chi connectivity index (χ3n) is 3.18. The highest BCUT2D eigenvalue weighted by Gasteiger charge is 2.41. The van der Waals surface area contributed by atoms with Crippen molar-refractivity contribution in [2.24, 2.45) is 5.41 Å². The lowest BCUT2D eigenvalue weighted by atomic mass is 9.90. The van der Waals surface area contributed by atoms with E-state index in [0.717, 1.165) is 0 Å². The average Bonchev–Trinajstić information content (AvgIpc) is 2.74. The number of aromatic nitrogens is 2. The maximum Gasteiger partial charge on any atom is 0.311 e. The minimum absolute atomic E-state index is 0.428. The molecule has 1 atom stereocenters. The molecular formula is C12H17N3O3. The first-order valence-corrected chi connectivity index (χ1v) is 5.99. The molecule has 6 heteroatoms. The number of anilines is 1. The largest absolute Gasteiger partial charge is 0.481 e. The standard InChI is InChI=1S/C12H17N3O3/c1-3-18-9-4-6-13-11(14-9)15-7-5-12(2,8-15)10(16)17/h4,6H,3,5,7-8H2,1-2H3,(H,16,17). The van der Waals surface area contributed by atoms with Crippen LogP contribution in [0.5, 0.6) is 5.88 Å². The number of hydrogen-bond acceptors (Lipinski definition) is 5. The average molecular weight is 251 g/mol. The van der Waals surface area contributed by atoms with Crippen molar-refractivity contribution in [3.63, 3.8) is 0 Å². The smallest absolute Gasteiger partial charge is 0.311 e. The van der Waals surface area contributed by atoms with Crippen LogP contribution < -0.4 is 9.64 Å². The molecule has 0 aliphatic carbocycles. The molecule has 1 fully saturated rings. The van der Waals surface area contributed by atoms with Crippen molar-refractivity contribution in [3.05, 3.63) is 12.3 Å². The Hall–Kier alpha value is -1.85. The second-order valence-electron chi connectivity index (χ2n) is 4.67. The number of carbonyl (C=O) groups is 1. The van der Waals surface area contributed by atoms with Crippen molar-refractivity contribution < 1.29 is 14.6 Å². The highest BCUT2D eigenvalue weighted by atomic mass is 16.5. The maximum absolute atomic E-state index is 11.2. The maximum atomic E-state index is 11.2. The third kappa shape index (κ3) is 2.37. The van der Waals surface area contributed by atoms with E-state index in [1.807, 2.05) is 11.8 Å². The summed E-state index contributed by atoms with van der Waals surface area (Å²) in [5.41, 5.74) is -0.717. The number of nitrogens with zero attached hydrogens (tertiary/aromatic N) is 3. The summed E-state index contributed by atoms with van der Waals surface area (Å²) in [4.78, 5) is 21.5. The number of carboxylic acids is 1. The molecule has 1 aromatic heterocycles. The lowest BCUT2D eigenvalue weighted by molar-refractivity contribution is -0.146. The highest BCUT2D eigenvalue weighted by molar-refractivity contribution is 5.76. The fraction of sp³-hybridized carbons (Fsp3) is 0.583. The number of ether oxygens (including phenoxy) is 1. The summed E-state index contributed by atoms with van der Waals surface area (Å²) in [5.74, 6) is 0.281. The quantitative estimate of drug-likeness (QED) is 0.866. The van der Waals surface area contributed by atoms with Gasteiger partial charge in [0.05, 0.1) is 12.0 Å². The van der Waals surface area contributed by atoms with Crippen molar-refractivity contribution in [1.82, 2.24) is 9.97 Å². The first-order chi connectivity index (χ1) is 8.55. The van der Waals surface area contributed by atoms with Gasteiger partial charge in [-0.05, 0) is 20.3 Å². The van der Waals surface area contributed by atoms with Crippen molar-refractivity contribution in [2.75, 3.05) is 24.6 Å². The molecule has 98 valence electrons. The predicted octanol–water partition coefficient (Wildman–Crippen LogP) is 1.18. The number of carboxylic acid groups (broad SMARTS) is 1. The van der Waals surface area contributed by atoms with Gasteiger partial charge in [-0.3, -0.25) is 4.79 Å². The molecule has 1 aliphatic heterocycles. The van der Waals surface area contributed by atoms with Crippen LogP contribution in [-0.4, -0.2) is 40.7 Å². The van der Waals surface area contributed by atoms with Gasteiger partial charge in [-0.25, -0.2) is 4.98 Å². The first-order valence-electron chi connectivity index (χ1n) is 5.99. The molecule has 0 aromatic carbocycles. The van der Waals surface area contributed by atoms with Crippen LogP contribution >= 0.6 is 0 Å². The van der Waals surface area contributed by atoms with Gasteiger partial charge in [0.2, 0.25) is 11.8 Å². The lowest BCUT2D eigenvalue weighted by Gasteiger charge is -2.20. The molecule has 1 saturated heterocycles. The van der Waals surface area contributed by atoms with E-state index in [2.05, 4.69) is 9.97 Å². The van der Waals surface area contributed by atoms with Crippen LogP contribution in [0.3, 0.4) is 0 Å². The van der Waals surface area contributed by atoms with Crippen LogP contribution in [0.15, 0.2) is 12.3 Å². The summed E-state index contributed by atoms with van der Waals surface area (Å²) in [7, 11) is 0. The van der Waals surface area contributed by atoms with Gasteiger partial charge in [-0.2, -0.15) is 4.98 Å². The normalized spacial score (nSPS) is 23.1. The van der Waals surface area contributed by atoms with E-state index in [1.165, 1.54) is 0 Å². The lowest BCUT2D eigenvalue weighted by Crippen LogP contribution is -2.32. The fourth-order valence-electron chi connectivity index (χ4n) is 2.02. The van der Waals surface area contributed by atoms with Gasteiger partial charge in [0.25, 0.3) is 0 Å². The molecule has 6 nitrogen and oxygen atoms in total. The zero-order valence-corrected chi connectivity index (χ0v) is 10.6. The van der Waals surface area contributed by atoms with E-state index in [0.29, 0.717) is 37.9 Å². The molecule has 2 heterocycles. The Bertz CT molecular complexity index is 452. The molecule has 18 heavy (non-hydrogen) atoms. The molecular weight excluding hydrogens is 234 g/mol. The number of aliphatic carboxylic acids is 1. The zero-order valence-electron chi connectivity index (χ0n) is 10.6. The summed E-state index contributed by atoms with van der Waals surface area (Å²) in [6, 6.07) is 1.69. The van der Waals surface area contributed by atoms with Gasteiger partial charge in [0.15, 0.2) is 0 Å². The van der Waals surface area contributed by atoms with E-state index in [1.54, 1.807) is 19.2 Å². The molecule has 0 amide bonds. The summed E-state index contributed by atoms with van der Waals surface area (Å²) >= 11 is 0. The van der Waals surface area contributed by atoms with E-state index >= 15 is 0 Å². The van der Waals surface area contributed by atoms with E-state index in [4.69, 9.17) is 4.74 Å². The molecule has 1 unspecified atom stereocenters. The second kappa shape index (κ2) is 4.80. The van der Waals surface area contributed by atoms with Crippen LogP contribution in [-0.2, 0) is 4.79 Å². The Kier molecular flexibility index (Phi) is 3.36. The first kappa shape index (κ1) is 12.6. The summed E-state index contributed by atoms with van der Waals surface area (Å²) in [6.45, 7) is 5.26. The minimum atomic E-state index is -0.772. The van der Waals surface area contributed by atoms with Crippen molar-refractivity contribution in [3.8, 4) is 5.88 Å². The molecule has 1 aromatic rings. The van der Waals surface area contributed by atoms with Gasteiger partial charge in [0.1, 0.15) is 0 Å². The highest BCUT2D eigenvalue weighted by Crippen LogP contribution is 2.32. The zero-order chi connectivity index (χ0) is 13.2. The summed E-state index contributed by atoms with van der Waals surface area (Å²) < 4.78 is 5.31. The van der Waals surface area contributed by atoms with Crippen LogP contribution in [0.25, 0.3) is 0 Å². The molecule has 0 radical (unpaired) electrons. The molecule has 0 bridgehead atoms. The Morgan fingerprint density at radius 2 is 2.44 bits per heavy atom. The van der Waals surface area contributed by atoms with Crippen LogP contribution in [0.2, 0.25) is 0 Å². The third-order valence-corrected chi connectivity index (χ3v) is 3.18. The van der Waals surface area contributed by atoms with E-state index < -0.39 is 11.4 Å². The SMILES string of the molecule is CCOc1ccnc(N2CCC(C)(C(=O)O)C2)n1. The number of rotatable bonds is 4. The van der Waals surface area contributed by atoms with Crippen LogP contribution in [0, 0.1) is 5.41 Å². The van der Waals surface area contributed by atoms with Gasteiger partial charge in [0, 0.05) is 25.4 Å². The van der Waals surface area contributed by atoms with Gasteiger partial charge in [-0.1, -0.05) is 0 Å². The monoisotopic (exact) mass is 251 g/mol. The summed E-state index contributed by atoms with van der Waals surface area (Å²) in [6.07, 6.45) is 2.23. The van der Waals surface area contributed by atoms with Crippen molar-refractivity contribution >= 4 is 11.9 Å². The second-order valence-corrected chi connectivity index (χ2v) is 4.67. The van der Waals surface area contributed by atoms with Crippen LogP contribution in [0.1, 0.15) is 20.3 Å². The Morgan fingerprint density at radius 1 is 1.67 bits per heavy atom. The predicted molar refractivity (Wildman–Crippen MR) is 65.8 cm³/mol. The van der Waals surface area contributed by atoms with Gasteiger partial charge >= 0.3 is 5.97 Å². The van der Waals surface area contributed by atoms with Crippen LogP contribution in [0.4, 0.5) is 5.95 Å². The topological polar surface area (TPSA) is 75.5 Å². The number of hydrogen-bond donors (Lipinski definition) is 1. The minimum Gasteiger partial charge on any atom is -0.481 e. The Balaban J connectivity index is 2.14. The van der Waals surface area contributed by atoms with Gasteiger partial charge in [-0.15, -0.1) is 0 Å². The molecule has 2 rings (SSSR count). The molecule has 1 aliphatic rings. The molecule has 0 spiro atoms. The van der Waals surface area contributed by atoms with Gasteiger partial charge < -0.3 is 14.7 Å². The fourth-order valence-corrected chi connectivity index (χ4v) is 2.02. The van der Waals surface area contributed by atoms with E-state index in [-0.39, 0.29) is 0 Å². The molecule has 1 N–H and O–H groups in total. The molecule has 0 saturated carbocycles. The Morgan fingerprint density at radius 3 is 3.06 bits per heavy atom.